The summed E-state index contributed by atoms with van der Waals surface area (Å²) in [7, 11) is 0. The summed E-state index contributed by atoms with van der Waals surface area (Å²) in [6, 6.07) is 9.30. The molecule has 0 saturated heterocycles. The molecule has 0 amide bonds. The van der Waals surface area contributed by atoms with E-state index in [2.05, 4.69) is 11.4 Å². The lowest BCUT2D eigenvalue weighted by Crippen LogP contribution is -2.44. The van der Waals surface area contributed by atoms with Crippen molar-refractivity contribution in [1.82, 2.24) is 5.32 Å². The summed E-state index contributed by atoms with van der Waals surface area (Å²) in [4.78, 5) is 11.2. The number of benzene rings is 1. The summed E-state index contributed by atoms with van der Waals surface area (Å²) in [5, 5.41) is 23.4. The maximum atomic E-state index is 10.9. The average Bonchev–Trinajstić information content (AvgIpc) is 2.43. The Balaban J connectivity index is 2.51. The molecule has 114 valence electrons. The maximum absolute atomic E-state index is 10.9. The second kappa shape index (κ2) is 8.01. The van der Waals surface area contributed by atoms with Crippen molar-refractivity contribution in [3.8, 4) is 6.07 Å². The van der Waals surface area contributed by atoms with Crippen molar-refractivity contribution in [2.75, 3.05) is 5.75 Å². The molecule has 0 saturated carbocycles. The van der Waals surface area contributed by atoms with Gasteiger partial charge in [0, 0.05) is 12.1 Å². The highest BCUT2D eigenvalue weighted by molar-refractivity contribution is 7.99. The number of para-hydroxylation sites is 1. The van der Waals surface area contributed by atoms with Gasteiger partial charge < -0.3 is 0 Å². The first-order valence-corrected chi connectivity index (χ1v) is 7.92. The predicted molar refractivity (Wildman–Crippen MR) is 85.3 cm³/mol. The first kappa shape index (κ1) is 17.5. The first-order valence-electron chi connectivity index (χ1n) is 6.93. The third-order valence-electron chi connectivity index (χ3n) is 2.99. The van der Waals surface area contributed by atoms with Crippen LogP contribution in [0.1, 0.15) is 33.6 Å². The van der Waals surface area contributed by atoms with Crippen LogP contribution in [0.3, 0.4) is 0 Å². The van der Waals surface area contributed by atoms with Crippen molar-refractivity contribution in [2.45, 2.75) is 50.1 Å². The zero-order valence-electron chi connectivity index (χ0n) is 12.6. The summed E-state index contributed by atoms with van der Waals surface area (Å²) in [5.41, 5.74) is -0.400. The number of rotatable bonds is 8. The average molecular weight is 307 g/mol. The Hall–Kier alpha value is -1.58. The van der Waals surface area contributed by atoms with Gasteiger partial charge in [-0.25, -0.2) is 0 Å². The molecule has 1 aromatic rings. The molecular weight excluding hydrogens is 286 g/mol. The minimum Gasteiger partial charge on any atom is -0.297 e. The summed E-state index contributed by atoms with van der Waals surface area (Å²) >= 11 is 1.47. The Morgan fingerprint density at radius 3 is 2.71 bits per heavy atom. The molecule has 0 bridgehead atoms. The van der Waals surface area contributed by atoms with Gasteiger partial charge in [0.15, 0.2) is 0 Å². The van der Waals surface area contributed by atoms with E-state index in [1.807, 2.05) is 20.8 Å². The zero-order chi connectivity index (χ0) is 15.9. The van der Waals surface area contributed by atoms with Gasteiger partial charge in [0.1, 0.15) is 5.54 Å². The van der Waals surface area contributed by atoms with Gasteiger partial charge in [-0.2, -0.15) is 5.26 Å². The molecule has 1 rings (SSSR count). The number of nitrogens with one attached hydrogen (secondary N) is 1. The van der Waals surface area contributed by atoms with E-state index in [-0.39, 0.29) is 16.7 Å². The van der Waals surface area contributed by atoms with Gasteiger partial charge in [-0.15, -0.1) is 11.8 Å². The third kappa shape index (κ3) is 5.74. The van der Waals surface area contributed by atoms with E-state index in [4.69, 9.17) is 0 Å². The van der Waals surface area contributed by atoms with E-state index in [0.29, 0.717) is 4.90 Å². The van der Waals surface area contributed by atoms with Crippen LogP contribution in [-0.2, 0) is 0 Å². The number of hydrogen-bond donors (Lipinski definition) is 1. The predicted octanol–water partition coefficient (Wildman–Crippen LogP) is 3.75. The van der Waals surface area contributed by atoms with Gasteiger partial charge in [-0.3, -0.25) is 15.4 Å². The Morgan fingerprint density at radius 1 is 1.48 bits per heavy atom. The zero-order valence-corrected chi connectivity index (χ0v) is 13.4. The van der Waals surface area contributed by atoms with Gasteiger partial charge in [0.25, 0.3) is 5.69 Å². The van der Waals surface area contributed by atoms with E-state index in [1.54, 1.807) is 18.2 Å². The van der Waals surface area contributed by atoms with Crippen LogP contribution < -0.4 is 5.32 Å². The standard InChI is InChI=1S/C15H21N3O2S/c1-12(2)17-15(3,11-16)9-6-10-21-14-8-5-4-7-13(14)18(19)20/h4-5,7-8,12,17H,6,9-10H2,1-3H3. The number of thioether (sulfide) groups is 1. The molecule has 0 radical (unpaired) electrons. The maximum Gasteiger partial charge on any atom is 0.282 e. The van der Waals surface area contributed by atoms with Crippen molar-refractivity contribution in [3.05, 3.63) is 34.4 Å². The molecule has 0 aliphatic heterocycles. The fourth-order valence-electron chi connectivity index (χ4n) is 2.14. The first-order chi connectivity index (χ1) is 9.88. The highest BCUT2D eigenvalue weighted by Crippen LogP contribution is 2.29. The van der Waals surface area contributed by atoms with E-state index >= 15 is 0 Å². The molecule has 0 heterocycles. The molecular formula is C15H21N3O2S. The molecule has 0 fully saturated rings. The fraction of sp³-hybridized carbons (Fsp3) is 0.533. The van der Waals surface area contributed by atoms with Gasteiger partial charge >= 0.3 is 0 Å². The molecule has 0 aromatic heterocycles. The molecule has 0 spiro atoms. The lowest BCUT2D eigenvalue weighted by molar-refractivity contribution is -0.387. The van der Waals surface area contributed by atoms with E-state index in [9.17, 15) is 15.4 Å². The number of nitrogens with zero attached hydrogens (tertiary/aromatic N) is 2. The second-order valence-corrected chi connectivity index (χ2v) is 6.56. The smallest absolute Gasteiger partial charge is 0.282 e. The summed E-state index contributed by atoms with van der Waals surface area (Å²) < 4.78 is 0. The Bertz CT molecular complexity index is 528. The van der Waals surface area contributed by atoms with Crippen LogP contribution in [-0.4, -0.2) is 22.3 Å². The Morgan fingerprint density at radius 2 is 2.14 bits per heavy atom. The highest BCUT2D eigenvalue weighted by Gasteiger charge is 2.23. The fourth-order valence-corrected chi connectivity index (χ4v) is 3.11. The molecule has 21 heavy (non-hydrogen) atoms. The molecule has 1 N–H and O–H groups in total. The lowest BCUT2D eigenvalue weighted by Gasteiger charge is -2.25. The SMILES string of the molecule is CC(C)NC(C)(C#N)CCCSc1ccccc1[N+](=O)[O-]. The van der Waals surface area contributed by atoms with Crippen molar-refractivity contribution in [1.29, 1.82) is 5.26 Å². The normalized spacial score (nSPS) is 13.7. The summed E-state index contributed by atoms with van der Waals surface area (Å²) in [5.74, 6) is 0.752. The molecule has 1 unspecified atom stereocenters. The largest absolute Gasteiger partial charge is 0.297 e. The topological polar surface area (TPSA) is 79.0 Å². The lowest BCUT2D eigenvalue weighted by atomic mass is 9.97. The van der Waals surface area contributed by atoms with Crippen LogP contribution in [0, 0.1) is 21.4 Å². The van der Waals surface area contributed by atoms with E-state index in [0.717, 1.165) is 18.6 Å². The molecule has 1 aromatic carbocycles. The molecule has 6 heteroatoms. The minimum absolute atomic E-state index is 0.144. The summed E-state index contributed by atoms with van der Waals surface area (Å²) in [6.45, 7) is 5.91. The highest BCUT2D eigenvalue weighted by atomic mass is 32.2. The van der Waals surface area contributed by atoms with Crippen LogP contribution >= 0.6 is 11.8 Å². The number of nitro benzene ring substituents is 1. The number of nitriles is 1. The molecule has 1 atom stereocenters. The monoisotopic (exact) mass is 307 g/mol. The third-order valence-corrected chi connectivity index (χ3v) is 4.14. The van der Waals surface area contributed by atoms with Gasteiger partial charge in [0.05, 0.1) is 15.9 Å². The molecule has 0 aliphatic rings. The van der Waals surface area contributed by atoms with Crippen LogP contribution in [0.15, 0.2) is 29.2 Å². The minimum atomic E-state index is -0.544. The van der Waals surface area contributed by atoms with Crippen molar-refractivity contribution >= 4 is 17.4 Å². The van der Waals surface area contributed by atoms with E-state index in [1.165, 1.54) is 17.8 Å². The quantitative estimate of drug-likeness (QED) is 0.342. The van der Waals surface area contributed by atoms with Crippen molar-refractivity contribution in [3.63, 3.8) is 0 Å². The second-order valence-electron chi connectivity index (χ2n) is 5.42. The van der Waals surface area contributed by atoms with Crippen LogP contribution in [0.2, 0.25) is 0 Å². The Kier molecular flexibility index (Phi) is 6.66. The molecule has 5 nitrogen and oxygen atoms in total. The van der Waals surface area contributed by atoms with Crippen molar-refractivity contribution in [2.24, 2.45) is 0 Å². The van der Waals surface area contributed by atoms with Gasteiger partial charge in [-0.1, -0.05) is 12.1 Å². The van der Waals surface area contributed by atoms with Crippen LogP contribution in [0.4, 0.5) is 5.69 Å². The Labute approximate surface area is 129 Å². The molecule has 0 aliphatic carbocycles. The number of nitro groups is 1. The van der Waals surface area contributed by atoms with Gasteiger partial charge in [-0.05, 0) is 45.4 Å². The number of hydrogen-bond acceptors (Lipinski definition) is 5. The summed E-state index contributed by atoms with van der Waals surface area (Å²) in [6.07, 6.45) is 1.54. The van der Waals surface area contributed by atoms with Crippen LogP contribution in [0.5, 0.6) is 0 Å². The van der Waals surface area contributed by atoms with E-state index < -0.39 is 5.54 Å². The van der Waals surface area contributed by atoms with Crippen molar-refractivity contribution < 1.29 is 4.92 Å². The van der Waals surface area contributed by atoms with Crippen LogP contribution in [0.25, 0.3) is 0 Å². The van der Waals surface area contributed by atoms with Gasteiger partial charge in [0.2, 0.25) is 0 Å².